The monoisotopic (exact) mass is 410 g/mol. The molecule has 9 heteroatoms. The second kappa shape index (κ2) is 7.88. The molecule has 0 aromatic heterocycles. The van der Waals surface area contributed by atoms with E-state index >= 15 is 0 Å². The molecule has 0 saturated carbocycles. The zero-order valence-electron chi connectivity index (χ0n) is 15.7. The molecule has 0 bridgehead atoms. The van der Waals surface area contributed by atoms with Crippen molar-refractivity contribution in [3.8, 4) is 0 Å². The predicted octanol–water partition coefficient (Wildman–Crippen LogP) is 2.99. The standard InChI is InChI=1S/C20H21F3N2O4/c1-11-5-6-14-7-8-16(19(28)29)25(14)18(27)15(9-11)24-17(26)12-3-2-4-13(10-12)20(21,22)23/h2-5,10,14-16H,6-9H2,1H3,(H,24,26)(H,28,29)/b11-5-. The van der Waals surface area contributed by atoms with E-state index in [9.17, 15) is 32.7 Å². The summed E-state index contributed by atoms with van der Waals surface area (Å²) >= 11 is 0. The molecule has 6 nitrogen and oxygen atoms in total. The summed E-state index contributed by atoms with van der Waals surface area (Å²) < 4.78 is 38.7. The van der Waals surface area contributed by atoms with E-state index in [1.807, 2.05) is 6.08 Å². The molecule has 2 aliphatic heterocycles. The molecule has 3 atom stereocenters. The van der Waals surface area contributed by atoms with Crippen LogP contribution in [0.4, 0.5) is 13.2 Å². The Hall–Kier alpha value is -2.84. The fourth-order valence-electron chi connectivity index (χ4n) is 3.89. The first-order valence-electron chi connectivity index (χ1n) is 9.26. The van der Waals surface area contributed by atoms with E-state index in [-0.39, 0.29) is 18.0 Å². The topological polar surface area (TPSA) is 86.7 Å². The van der Waals surface area contributed by atoms with Crippen molar-refractivity contribution in [1.82, 2.24) is 10.2 Å². The Labute approximate surface area is 165 Å². The number of carbonyl (C=O) groups is 3. The Morgan fingerprint density at radius 2 is 1.97 bits per heavy atom. The number of carboxylic acid groups (broad SMARTS) is 1. The van der Waals surface area contributed by atoms with Crippen molar-refractivity contribution in [3.05, 3.63) is 47.0 Å². The number of aliphatic carboxylic acids is 1. The normalized spacial score (nSPS) is 26.8. The third-order valence-electron chi connectivity index (χ3n) is 5.36. The number of nitrogens with one attached hydrogen (secondary N) is 1. The Morgan fingerprint density at radius 1 is 1.24 bits per heavy atom. The Kier molecular flexibility index (Phi) is 5.68. The summed E-state index contributed by atoms with van der Waals surface area (Å²) in [4.78, 5) is 38.5. The summed E-state index contributed by atoms with van der Waals surface area (Å²) in [5.41, 5.74) is -0.328. The minimum absolute atomic E-state index is 0.166. The Balaban J connectivity index is 1.85. The van der Waals surface area contributed by atoms with Crippen molar-refractivity contribution in [3.63, 3.8) is 0 Å². The molecule has 3 rings (SSSR count). The van der Waals surface area contributed by atoms with Gasteiger partial charge in [-0.05, 0) is 50.8 Å². The van der Waals surface area contributed by atoms with Crippen LogP contribution in [0.25, 0.3) is 0 Å². The molecule has 3 unspecified atom stereocenters. The average molecular weight is 410 g/mol. The van der Waals surface area contributed by atoms with E-state index in [0.29, 0.717) is 19.3 Å². The highest BCUT2D eigenvalue weighted by Crippen LogP contribution is 2.31. The number of fused-ring (bicyclic) bond motifs is 1. The molecule has 0 spiro atoms. The van der Waals surface area contributed by atoms with Gasteiger partial charge in [0, 0.05) is 11.6 Å². The quantitative estimate of drug-likeness (QED) is 0.750. The predicted molar refractivity (Wildman–Crippen MR) is 97.0 cm³/mol. The van der Waals surface area contributed by atoms with E-state index in [1.165, 1.54) is 11.0 Å². The van der Waals surface area contributed by atoms with Crippen LogP contribution in [0.2, 0.25) is 0 Å². The molecule has 29 heavy (non-hydrogen) atoms. The van der Waals surface area contributed by atoms with Gasteiger partial charge in [0.2, 0.25) is 5.91 Å². The first-order valence-corrected chi connectivity index (χ1v) is 9.26. The molecule has 0 aliphatic carbocycles. The van der Waals surface area contributed by atoms with Crippen molar-refractivity contribution in [2.45, 2.75) is 56.9 Å². The third-order valence-corrected chi connectivity index (χ3v) is 5.36. The third kappa shape index (κ3) is 4.44. The largest absolute Gasteiger partial charge is 0.480 e. The Bertz CT molecular complexity index is 866. The van der Waals surface area contributed by atoms with E-state index < -0.39 is 41.6 Å². The Morgan fingerprint density at radius 3 is 2.62 bits per heavy atom. The lowest BCUT2D eigenvalue weighted by molar-refractivity contribution is -0.150. The summed E-state index contributed by atoms with van der Waals surface area (Å²) in [5, 5.41) is 11.9. The van der Waals surface area contributed by atoms with Crippen LogP contribution >= 0.6 is 0 Å². The molecule has 2 aliphatic rings. The highest BCUT2D eigenvalue weighted by molar-refractivity contribution is 5.98. The molecule has 1 aromatic rings. The van der Waals surface area contributed by atoms with Gasteiger partial charge in [0.15, 0.2) is 0 Å². The summed E-state index contributed by atoms with van der Waals surface area (Å²) in [7, 11) is 0. The number of benzene rings is 1. The van der Waals surface area contributed by atoms with Gasteiger partial charge in [0.25, 0.3) is 5.91 Å². The number of carboxylic acids is 1. The molecular weight excluding hydrogens is 389 g/mol. The zero-order valence-corrected chi connectivity index (χ0v) is 15.7. The second-order valence-electron chi connectivity index (χ2n) is 7.43. The lowest BCUT2D eigenvalue weighted by Gasteiger charge is -2.33. The fraction of sp³-hybridized carbons (Fsp3) is 0.450. The minimum atomic E-state index is -4.59. The number of alkyl halides is 3. The van der Waals surface area contributed by atoms with Crippen LogP contribution in [-0.4, -0.2) is 45.9 Å². The number of rotatable bonds is 3. The van der Waals surface area contributed by atoms with Crippen molar-refractivity contribution in [2.75, 3.05) is 0 Å². The van der Waals surface area contributed by atoms with Gasteiger partial charge in [-0.25, -0.2) is 4.79 Å². The number of nitrogens with zero attached hydrogens (tertiary/aromatic N) is 1. The summed E-state index contributed by atoms with van der Waals surface area (Å²) in [6.45, 7) is 1.80. The number of hydrogen-bond donors (Lipinski definition) is 2. The van der Waals surface area contributed by atoms with Gasteiger partial charge in [-0.3, -0.25) is 9.59 Å². The van der Waals surface area contributed by atoms with Crippen LogP contribution in [0.15, 0.2) is 35.9 Å². The SMILES string of the molecule is C/C1=C/CC2CCC(C(=O)O)N2C(=O)C(NC(=O)c2cccc(C(F)(F)F)c2)C1. The summed E-state index contributed by atoms with van der Waals surface area (Å²) in [6.07, 6.45) is -1.11. The first-order chi connectivity index (χ1) is 13.6. The molecule has 1 aromatic carbocycles. The van der Waals surface area contributed by atoms with Crippen molar-refractivity contribution >= 4 is 17.8 Å². The lowest BCUT2D eigenvalue weighted by atomic mass is 9.98. The molecule has 2 N–H and O–H groups in total. The second-order valence-corrected chi connectivity index (χ2v) is 7.43. The van der Waals surface area contributed by atoms with E-state index in [4.69, 9.17) is 0 Å². The van der Waals surface area contributed by atoms with E-state index in [1.54, 1.807) is 6.92 Å². The van der Waals surface area contributed by atoms with Crippen molar-refractivity contribution in [1.29, 1.82) is 0 Å². The van der Waals surface area contributed by atoms with Gasteiger partial charge >= 0.3 is 12.1 Å². The van der Waals surface area contributed by atoms with Crippen LogP contribution in [0.3, 0.4) is 0 Å². The first kappa shape index (κ1) is 20.9. The van der Waals surface area contributed by atoms with E-state index in [0.717, 1.165) is 23.8 Å². The molecule has 156 valence electrons. The molecule has 0 radical (unpaired) electrons. The van der Waals surface area contributed by atoms with Gasteiger partial charge in [0.05, 0.1) is 5.56 Å². The maximum atomic E-state index is 13.1. The van der Waals surface area contributed by atoms with Crippen LogP contribution in [0.1, 0.15) is 48.5 Å². The number of carbonyl (C=O) groups excluding carboxylic acids is 2. The lowest BCUT2D eigenvalue weighted by Crippen LogP contribution is -2.54. The van der Waals surface area contributed by atoms with Crippen molar-refractivity contribution in [2.24, 2.45) is 0 Å². The summed E-state index contributed by atoms with van der Waals surface area (Å²) in [5.74, 6) is -2.44. The highest BCUT2D eigenvalue weighted by Gasteiger charge is 2.43. The number of hydrogen-bond acceptors (Lipinski definition) is 3. The van der Waals surface area contributed by atoms with Crippen molar-refractivity contribution < 1.29 is 32.7 Å². The van der Waals surface area contributed by atoms with E-state index in [2.05, 4.69) is 5.32 Å². The smallest absolute Gasteiger partial charge is 0.416 e. The fourth-order valence-corrected chi connectivity index (χ4v) is 3.89. The molecule has 1 saturated heterocycles. The van der Waals surface area contributed by atoms with Crippen LogP contribution < -0.4 is 5.32 Å². The molecular formula is C20H21F3N2O4. The zero-order chi connectivity index (χ0) is 21.3. The summed E-state index contributed by atoms with van der Waals surface area (Å²) in [6, 6.07) is 1.66. The van der Waals surface area contributed by atoms with Gasteiger partial charge < -0.3 is 15.3 Å². The average Bonchev–Trinajstić information content (AvgIpc) is 3.07. The number of amides is 2. The van der Waals surface area contributed by atoms with Crippen LogP contribution in [0, 0.1) is 0 Å². The molecule has 2 amide bonds. The highest BCUT2D eigenvalue weighted by atomic mass is 19.4. The maximum absolute atomic E-state index is 13.1. The van der Waals surface area contributed by atoms with Gasteiger partial charge in [0.1, 0.15) is 12.1 Å². The van der Waals surface area contributed by atoms with Gasteiger partial charge in [-0.2, -0.15) is 13.2 Å². The van der Waals surface area contributed by atoms with Gasteiger partial charge in [-0.15, -0.1) is 0 Å². The van der Waals surface area contributed by atoms with Gasteiger partial charge in [-0.1, -0.05) is 17.7 Å². The molecule has 2 heterocycles. The van der Waals surface area contributed by atoms with Crippen LogP contribution in [0.5, 0.6) is 0 Å². The molecule has 1 fully saturated rings. The number of halogens is 3. The van der Waals surface area contributed by atoms with Crippen LogP contribution in [-0.2, 0) is 15.8 Å². The maximum Gasteiger partial charge on any atom is 0.416 e. The minimum Gasteiger partial charge on any atom is -0.480 e.